The Bertz CT molecular complexity index is 319. The molecule has 0 aliphatic heterocycles. The van der Waals surface area contributed by atoms with E-state index in [4.69, 9.17) is 9.47 Å². The van der Waals surface area contributed by atoms with Crippen molar-refractivity contribution in [3.63, 3.8) is 0 Å². The summed E-state index contributed by atoms with van der Waals surface area (Å²) in [5.41, 5.74) is -1.15. The van der Waals surface area contributed by atoms with Crippen molar-refractivity contribution in [2.24, 2.45) is 11.3 Å². The van der Waals surface area contributed by atoms with Crippen LogP contribution >= 0.6 is 0 Å². The van der Waals surface area contributed by atoms with Crippen LogP contribution in [0.4, 0.5) is 0 Å². The SMILES string of the molecule is CCCCOC(=O)C(CC)(CC)C(=O)OC(C)CC(C)C. The van der Waals surface area contributed by atoms with Crippen LogP contribution in [0.25, 0.3) is 0 Å². The number of hydrogen-bond donors (Lipinski definition) is 0. The van der Waals surface area contributed by atoms with Crippen molar-refractivity contribution in [1.29, 1.82) is 0 Å². The van der Waals surface area contributed by atoms with E-state index in [2.05, 4.69) is 13.8 Å². The lowest BCUT2D eigenvalue weighted by Crippen LogP contribution is -2.42. The lowest BCUT2D eigenvalue weighted by Gasteiger charge is -2.29. The molecule has 4 nitrogen and oxygen atoms in total. The highest BCUT2D eigenvalue weighted by Gasteiger charge is 2.46. The van der Waals surface area contributed by atoms with E-state index < -0.39 is 17.4 Å². The average molecular weight is 300 g/mol. The molecular formula is C17H32O4. The summed E-state index contributed by atoms with van der Waals surface area (Å²) in [7, 11) is 0. The van der Waals surface area contributed by atoms with Crippen LogP contribution in [0.5, 0.6) is 0 Å². The van der Waals surface area contributed by atoms with E-state index in [0.717, 1.165) is 19.3 Å². The van der Waals surface area contributed by atoms with Gasteiger partial charge >= 0.3 is 11.9 Å². The average Bonchev–Trinajstić information content (AvgIpc) is 2.39. The molecule has 0 heterocycles. The maximum Gasteiger partial charge on any atom is 0.323 e. The third kappa shape index (κ3) is 6.06. The minimum Gasteiger partial charge on any atom is -0.465 e. The molecule has 124 valence electrons. The van der Waals surface area contributed by atoms with Crippen LogP contribution in [-0.4, -0.2) is 24.6 Å². The predicted molar refractivity (Wildman–Crippen MR) is 83.9 cm³/mol. The van der Waals surface area contributed by atoms with E-state index >= 15 is 0 Å². The van der Waals surface area contributed by atoms with Crippen molar-refractivity contribution >= 4 is 11.9 Å². The Hall–Kier alpha value is -1.06. The molecule has 0 aromatic heterocycles. The van der Waals surface area contributed by atoms with Gasteiger partial charge in [-0.05, 0) is 38.5 Å². The Balaban J connectivity index is 4.83. The molecule has 21 heavy (non-hydrogen) atoms. The van der Waals surface area contributed by atoms with Crippen LogP contribution in [0.2, 0.25) is 0 Å². The fourth-order valence-electron chi connectivity index (χ4n) is 2.37. The van der Waals surface area contributed by atoms with Crippen LogP contribution in [0, 0.1) is 11.3 Å². The molecular weight excluding hydrogens is 268 g/mol. The minimum absolute atomic E-state index is 0.182. The summed E-state index contributed by atoms with van der Waals surface area (Å²) in [4.78, 5) is 24.8. The summed E-state index contributed by atoms with van der Waals surface area (Å²) < 4.78 is 10.8. The number of hydrogen-bond acceptors (Lipinski definition) is 4. The third-order valence-electron chi connectivity index (χ3n) is 3.83. The van der Waals surface area contributed by atoms with Crippen LogP contribution in [0.15, 0.2) is 0 Å². The minimum atomic E-state index is -1.15. The zero-order valence-corrected chi connectivity index (χ0v) is 14.5. The smallest absolute Gasteiger partial charge is 0.323 e. The first-order chi connectivity index (χ1) is 9.83. The van der Waals surface area contributed by atoms with Crippen molar-refractivity contribution in [3.05, 3.63) is 0 Å². The van der Waals surface area contributed by atoms with E-state index in [1.807, 2.05) is 27.7 Å². The fourth-order valence-corrected chi connectivity index (χ4v) is 2.37. The first-order valence-electron chi connectivity index (χ1n) is 8.22. The molecule has 1 atom stereocenters. The molecule has 0 fully saturated rings. The van der Waals surface area contributed by atoms with Crippen LogP contribution in [0.1, 0.15) is 73.6 Å². The van der Waals surface area contributed by atoms with Crippen molar-refractivity contribution in [3.8, 4) is 0 Å². The highest BCUT2D eigenvalue weighted by molar-refractivity contribution is 6.00. The lowest BCUT2D eigenvalue weighted by molar-refractivity contribution is -0.176. The predicted octanol–water partition coefficient (Wildman–Crippen LogP) is 4.11. The molecule has 0 N–H and O–H groups in total. The standard InChI is InChI=1S/C17H32O4/c1-7-10-11-20-15(18)17(8-2,9-3)16(19)21-14(6)12-13(4)5/h13-14H,7-12H2,1-6H3. The van der Waals surface area contributed by atoms with E-state index in [0.29, 0.717) is 25.4 Å². The van der Waals surface area contributed by atoms with Crippen LogP contribution < -0.4 is 0 Å². The fraction of sp³-hybridized carbons (Fsp3) is 0.882. The van der Waals surface area contributed by atoms with Gasteiger partial charge in [0.2, 0.25) is 0 Å². The monoisotopic (exact) mass is 300 g/mol. The zero-order valence-electron chi connectivity index (χ0n) is 14.5. The van der Waals surface area contributed by atoms with Crippen molar-refractivity contribution in [2.45, 2.75) is 79.8 Å². The second-order valence-corrected chi connectivity index (χ2v) is 6.12. The highest BCUT2D eigenvalue weighted by atomic mass is 16.6. The second-order valence-electron chi connectivity index (χ2n) is 6.12. The van der Waals surface area contributed by atoms with E-state index in [1.165, 1.54) is 0 Å². The second kappa shape index (κ2) is 9.80. The van der Waals surface area contributed by atoms with E-state index in [9.17, 15) is 9.59 Å². The quantitative estimate of drug-likeness (QED) is 0.346. The van der Waals surface area contributed by atoms with Crippen LogP contribution in [-0.2, 0) is 19.1 Å². The molecule has 0 spiro atoms. The Kier molecular flexibility index (Phi) is 9.31. The molecule has 0 bridgehead atoms. The molecule has 4 heteroatoms. The van der Waals surface area contributed by atoms with Gasteiger partial charge in [-0.25, -0.2) is 0 Å². The summed E-state index contributed by atoms with van der Waals surface area (Å²) in [5.74, 6) is -0.438. The number of esters is 2. The normalized spacial score (nSPS) is 13.1. The molecule has 0 rings (SSSR count). The summed E-state index contributed by atoms with van der Waals surface area (Å²) in [6.07, 6.45) is 3.19. The van der Waals surface area contributed by atoms with Crippen molar-refractivity contribution in [1.82, 2.24) is 0 Å². The molecule has 1 unspecified atom stereocenters. The molecule has 0 saturated heterocycles. The highest BCUT2D eigenvalue weighted by Crippen LogP contribution is 2.31. The molecule has 0 saturated carbocycles. The Morgan fingerprint density at radius 3 is 2.00 bits per heavy atom. The molecule has 0 aliphatic carbocycles. The van der Waals surface area contributed by atoms with Gasteiger partial charge < -0.3 is 9.47 Å². The molecule has 0 aliphatic rings. The number of carbonyl (C=O) groups excluding carboxylic acids is 2. The van der Waals surface area contributed by atoms with Gasteiger partial charge in [-0.2, -0.15) is 0 Å². The Morgan fingerprint density at radius 1 is 1.00 bits per heavy atom. The molecule has 0 amide bonds. The molecule has 0 aromatic carbocycles. The maximum atomic E-state index is 12.5. The van der Waals surface area contributed by atoms with Gasteiger partial charge in [0.1, 0.15) is 0 Å². The number of unbranched alkanes of at least 4 members (excludes halogenated alkanes) is 1. The van der Waals surface area contributed by atoms with Crippen molar-refractivity contribution < 1.29 is 19.1 Å². The molecule has 0 aromatic rings. The van der Waals surface area contributed by atoms with Gasteiger partial charge in [0.05, 0.1) is 12.7 Å². The summed E-state index contributed by atoms with van der Waals surface area (Å²) >= 11 is 0. The first-order valence-corrected chi connectivity index (χ1v) is 8.22. The van der Waals surface area contributed by atoms with Gasteiger partial charge in [0.25, 0.3) is 0 Å². The van der Waals surface area contributed by atoms with Crippen LogP contribution in [0.3, 0.4) is 0 Å². The van der Waals surface area contributed by atoms with Gasteiger partial charge in [0, 0.05) is 0 Å². The summed E-state index contributed by atoms with van der Waals surface area (Å²) in [6, 6.07) is 0. The maximum absolute atomic E-state index is 12.5. The Morgan fingerprint density at radius 2 is 1.57 bits per heavy atom. The largest absolute Gasteiger partial charge is 0.465 e. The lowest BCUT2D eigenvalue weighted by atomic mass is 9.82. The Labute approximate surface area is 129 Å². The zero-order chi connectivity index (χ0) is 16.5. The van der Waals surface area contributed by atoms with Gasteiger partial charge in [0.15, 0.2) is 5.41 Å². The van der Waals surface area contributed by atoms with E-state index in [1.54, 1.807) is 0 Å². The van der Waals surface area contributed by atoms with E-state index in [-0.39, 0.29) is 6.10 Å². The van der Waals surface area contributed by atoms with Gasteiger partial charge in [-0.3, -0.25) is 9.59 Å². The number of ether oxygens (including phenoxy) is 2. The summed E-state index contributed by atoms with van der Waals surface area (Å²) in [6.45, 7) is 12.1. The van der Waals surface area contributed by atoms with Crippen molar-refractivity contribution in [2.75, 3.05) is 6.61 Å². The van der Waals surface area contributed by atoms with Gasteiger partial charge in [-0.1, -0.05) is 41.0 Å². The van der Waals surface area contributed by atoms with Gasteiger partial charge in [-0.15, -0.1) is 0 Å². The third-order valence-corrected chi connectivity index (χ3v) is 3.83. The number of carbonyl (C=O) groups is 2. The topological polar surface area (TPSA) is 52.6 Å². The first kappa shape index (κ1) is 19.9. The number of rotatable bonds is 10. The molecule has 0 radical (unpaired) electrons. The summed E-state index contributed by atoms with van der Waals surface area (Å²) in [5, 5.41) is 0.